The lowest BCUT2D eigenvalue weighted by Gasteiger charge is -2.42. The van der Waals surface area contributed by atoms with E-state index in [1.54, 1.807) is 0 Å². The van der Waals surface area contributed by atoms with E-state index in [2.05, 4.69) is 26.0 Å². The van der Waals surface area contributed by atoms with Crippen molar-refractivity contribution in [1.82, 2.24) is 0 Å². The predicted molar refractivity (Wildman–Crippen MR) is 108 cm³/mol. The van der Waals surface area contributed by atoms with Crippen molar-refractivity contribution in [3.8, 4) is 0 Å². The van der Waals surface area contributed by atoms with E-state index in [4.69, 9.17) is 14.2 Å². The Morgan fingerprint density at radius 1 is 0.720 bits per heavy atom. The summed E-state index contributed by atoms with van der Waals surface area (Å²) in [6.45, 7) is 16.6. The van der Waals surface area contributed by atoms with Gasteiger partial charge in [0.05, 0.1) is 24.2 Å². The zero-order chi connectivity index (χ0) is 19.3. The maximum Gasteiger partial charge on any atom is 0.290 e. The first-order chi connectivity index (χ1) is 11.8. The van der Waals surface area contributed by atoms with Gasteiger partial charge in [0.15, 0.2) is 0 Å². The Balaban J connectivity index is 5.16. The third-order valence-corrected chi connectivity index (χ3v) is 3.95. The van der Waals surface area contributed by atoms with Gasteiger partial charge in [0.1, 0.15) is 0 Å². The molecule has 0 amide bonds. The largest absolute Gasteiger partial charge is 0.324 e. The van der Waals surface area contributed by atoms with Gasteiger partial charge in [-0.2, -0.15) is 0 Å². The summed E-state index contributed by atoms with van der Waals surface area (Å²) in [6.07, 6.45) is 13.1. The van der Waals surface area contributed by atoms with Crippen LogP contribution in [0.25, 0.3) is 0 Å². The SMILES string of the molecule is CC=CC(CCCCCCCC)C(OC(C)C)(OC(C)C)OC(C)C. The molecule has 1 unspecified atom stereocenters. The second kappa shape index (κ2) is 13.8. The summed E-state index contributed by atoms with van der Waals surface area (Å²) in [7, 11) is 0. The normalized spacial score (nSPS) is 14.4. The number of hydrogen-bond acceptors (Lipinski definition) is 3. The van der Waals surface area contributed by atoms with Gasteiger partial charge in [-0.15, -0.1) is 0 Å². The molecule has 0 bridgehead atoms. The van der Waals surface area contributed by atoms with Crippen molar-refractivity contribution in [2.75, 3.05) is 0 Å². The van der Waals surface area contributed by atoms with Crippen LogP contribution in [0.2, 0.25) is 0 Å². The van der Waals surface area contributed by atoms with Crippen LogP contribution in [0.3, 0.4) is 0 Å². The standard InChI is InChI=1S/C22H44O3/c1-9-11-12-13-14-15-17-21(16-10-2)22(23-18(3)4,24-19(5)6)25-20(7)8/h10,16,18-21H,9,11-15,17H2,1-8H3. The summed E-state index contributed by atoms with van der Waals surface area (Å²) >= 11 is 0. The second-order valence-corrected chi connectivity index (χ2v) is 7.79. The average Bonchev–Trinajstić information content (AvgIpc) is 2.47. The van der Waals surface area contributed by atoms with Crippen molar-refractivity contribution in [1.29, 1.82) is 0 Å². The molecular weight excluding hydrogens is 312 g/mol. The molecule has 0 spiro atoms. The van der Waals surface area contributed by atoms with Gasteiger partial charge in [-0.1, -0.05) is 57.6 Å². The molecule has 0 aliphatic rings. The van der Waals surface area contributed by atoms with E-state index < -0.39 is 5.97 Å². The van der Waals surface area contributed by atoms with Crippen molar-refractivity contribution in [3.63, 3.8) is 0 Å². The average molecular weight is 357 g/mol. The fourth-order valence-electron chi connectivity index (χ4n) is 3.10. The van der Waals surface area contributed by atoms with Gasteiger partial charge in [-0.05, 0) is 54.9 Å². The summed E-state index contributed by atoms with van der Waals surface area (Å²) in [5.74, 6) is -0.914. The lowest BCUT2D eigenvalue weighted by atomic mass is 9.96. The highest BCUT2D eigenvalue weighted by atomic mass is 16.9. The van der Waals surface area contributed by atoms with Crippen molar-refractivity contribution in [3.05, 3.63) is 12.2 Å². The van der Waals surface area contributed by atoms with Gasteiger partial charge in [0, 0.05) is 0 Å². The Hall–Kier alpha value is -0.380. The van der Waals surface area contributed by atoms with Crippen LogP contribution in [0.5, 0.6) is 0 Å². The minimum atomic E-state index is -1.01. The van der Waals surface area contributed by atoms with Crippen LogP contribution in [-0.2, 0) is 14.2 Å². The third kappa shape index (κ3) is 11.0. The molecule has 0 aliphatic carbocycles. The van der Waals surface area contributed by atoms with E-state index in [9.17, 15) is 0 Å². The molecule has 0 saturated heterocycles. The summed E-state index contributed by atoms with van der Waals surface area (Å²) in [6, 6.07) is 0. The topological polar surface area (TPSA) is 27.7 Å². The van der Waals surface area contributed by atoms with Crippen LogP contribution in [0, 0.1) is 5.92 Å². The molecule has 0 heterocycles. The van der Waals surface area contributed by atoms with Crippen LogP contribution >= 0.6 is 0 Å². The van der Waals surface area contributed by atoms with Gasteiger partial charge in [-0.3, -0.25) is 0 Å². The van der Waals surface area contributed by atoms with E-state index >= 15 is 0 Å². The lowest BCUT2D eigenvalue weighted by molar-refractivity contribution is -0.426. The minimum absolute atomic E-state index is 0.0369. The van der Waals surface area contributed by atoms with E-state index in [-0.39, 0.29) is 24.2 Å². The molecule has 0 saturated carbocycles. The van der Waals surface area contributed by atoms with Crippen LogP contribution in [0.1, 0.15) is 100 Å². The smallest absolute Gasteiger partial charge is 0.290 e. The summed E-state index contributed by atoms with van der Waals surface area (Å²) < 4.78 is 18.8. The Morgan fingerprint density at radius 3 is 1.56 bits per heavy atom. The maximum atomic E-state index is 6.27. The molecule has 3 nitrogen and oxygen atoms in total. The van der Waals surface area contributed by atoms with E-state index in [0.717, 1.165) is 6.42 Å². The quantitative estimate of drug-likeness (QED) is 0.182. The molecule has 3 heteroatoms. The first-order valence-electron chi connectivity index (χ1n) is 10.4. The second-order valence-electron chi connectivity index (χ2n) is 7.79. The van der Waals surface area contributed by atoms with E-state index in [1.165, 1.54) is 38.5 Å². The van der Waals surface area contributed by atoms with Crippen molar-refractivity contribution in [2.24, 2.45) is 5.92 Å². The fourth-order valence-corrected chi connectivity index (χ4v) is 3.10. The molecule has 0 rings (SSSR count). The highest BCUT2D eigenvalue weighted by Gasteiger charge is 2.43. The molecule has 0 fully saturated rings. The van der Waals surface area contributed by atoms with Crippen LogP contribution in [0.15, 0.2) is 12.2 Å². The molecule has 0 radical (unpaired) electrons. The molecule has 1 atom stereocenters. The van der Waals surface area contributed by atoms with Crippen molar-refractivity contribution < 1.29 is 14.2 Å². The first-order valence-corrected chi connectivity index (χ1v) is 10.4. The van der Waals surface area contributed by atoms with Gasteiger partial charge in [-0.25, -0.2) is 0 Å². The monoisotopic (exact) mass is 356 g/mol. The van der Waals surface area contributed by atoms with Crippen LogP contribution in [-0.4, -0.2) is 24.3 Å². The third-order valence-electron chi connectivity index (χ3n) is 3.95. The molecule has 25 heavy (non-hydrogen) atoms. The zero-order valence-electron chi connectivity index (χ0n) is 18.1. The molecule has 150 valence electrons. The lowest BCUT2D eigenvalue weighted by Crippen LogP contribution is -2.50. The minimum Gasteiger partial charge on any atom is -0.324 e. The molecule has 0 aromatic carbocycles. The molecule has 0 aromatic heterocycles. The Labute approximate surface area is 157 Å². The Morgan fingerprint density at radius 2 is 1.16 bits per heavy atom. The zero-order valence-corrected chi connectivity index (χ0v) is 18.1. The molecule has 0 aromatic rings. The van der Waals surface area contributed by atoms with Gasteiger partial charge in [0.2, 0.25) is 0 Å². The summed E-state index contributed by atoms with van der Waals surface area (Å²) in [4.78, 5) is 0. The van der Waals surface area contributed by atoms with Gasteiger partial charge < -0.3 is 14.2 Å². The van der Waals surface area contributed by atoms with Crippen molar-refractivity contribution in [2.45, 2.75) is 125 Å². The van der Waals surface area contributed by atoms with Crippen LogP contribution < -0.4 is 0 Å². The van der Waals surface area contributed by atoms with Crippen molar-refractivity contribution >= 4 is 0 Å². The number of rotatable bonds is 15. The number of hydrogen-bond donors (Lipinski definition) is 0. The number of ether oxygens (including phenoxy) is 3. The number of unbranched alkanes of at least 4 members (excludes halogenated alkanes) is 5. The Kier molecular flexibility index (Phi) is 13.6. The Bertz CT molecular complexity index is 308. The maximum absolute atomic E-state index is 6.27. The van der Waals surface area contributed by atoms with Crippen LogP contribution in [0.4, 0.5) is 0 Å². The number of allylic oxidation sites excluding steroid dienone is 1. The fraction of sp³-hybridized carbons (Fsp3) is 0.909. The van der Waals surface area contributed by atoms with Gasteiger partial charge >= 0.3 is 0 Å². The van der Waals surface area contributed by atoms with E-state index in [1.807, 2.05) is 41.5 Å². The molecule has 0 aliphatic heterocycles. The van der Waals surface area contributed by atoms with Gasteiger partial charge in [0.25, 0.3) is 5.97 Å². The molecule has 0 N–H and O–H groups in total. The van der Waals surface area contributed by atoms with E-state index in [0.29, 0.717) is 0 Å². The summed E-state index contributed by atoms with van der Waals surface area (Å²) in [5, 5.41) is 0. The first kappa shape index (κ1) is 24.6. The summed E-state index contributed by atoms with van der Waals surface area (Å²) in [5.41, 5.74) is 0. The predicted octanol–water partition coefficient (Wildman–Crippen LogP) is 6.86. The highest BCUT2D eigenvalue weighted by Crippen LogP contribution is 2.35. The highest BCUT2D eigenvalue weighted by molar-refractivity contribution is 4.92. The molecular formula is C22H44O3.